The molecule has 0 saturated carbocycles. The number of ether oxygens (including phenoxy) is 1. The van der Waals surface area contributed by atoms with Crippen molar-refractivity contribution in [3.05, 3.63) is 35.4 Å². The molecule has 22 heavy (non-hydrogen) atoms. The normalized spacial score (nSPS) is 16.2. The first-order valence-corrected chi connectivity index (χ1v) is 6.84. The van der Waals surface area contributed by atoms with E-state index in [1.807, 2.05) is 0 Å². The number of hydrogen-bond donors (Lipinski definition) is 2. The van der Waals surface area contributed by atoms with Crippen molar-refractivity contribution in [2.75, 3.05) is 7.11 Å². The molecule has 3 N–H and O–H groups in total. The summed E-state index contributed by atoms with van der Waals surface area (Å²) in [4.78, 5) is 11.9. The summed E-state index contributed by atoms with van der Waals surface area (Å²) in [7, 11) is 1.23. The van der Waals surface area contributed by atoms with Gasteiger partial charge in [0.15, 0.2) is 5.66 Å². The fraction of sp³-hybridized carbons (Fsp3) is 0.533. The molecule has 7 heteroatoms. The van der Waals surface area contributed by atoms with Crippen LogP contribution in [-0.2, 0) is 15.7 Å². The zero-order valence-corrected chi connectivity index (χ0v) is 13.0. The van der Waals surface area contributed by atoms with Crippen molar-refractivity contribution in [2.45, 2.75) is 38.7 Å². The van der Waals surface area contributed by atoms with Gasteiger partial charge in [-0.25, -0.2) is 4.79 Å². The van der Waals surface area contributed by atoms with E-state index in [0.29, 0.717) is 5.56 Å². The Morgan fingerprint density at radius 3 is 2.05 bits per heavy atom. The molecule has 0 spiro atoms. The smallest absolute Gasteiger partial charge is 0.416 e. The Bertz CT molecular complexity index is 515. The third-order valence-corrected chi connectivity index (χ3v) is 3.63. The Morgan fingerprint density at radius 2 is 1.68 bits per heavy atom. The van der Waals surface area contributed by atoms with Gasteiger partial charge in [0.25, 0.3) is 0 Å². The minimum atomic E-state index is -4.38. The minimum Gasteiger partial charge on any atom is -0.467 e. The number of nitrogens with two attached hydrogens (primary N) is 1. The van der Waals surface area contributed by atoms with Crippen molar-refractivity contribution >= 4 is 5.97 Å². The molecule has 0 aliphatic heterocycles. The molecule has 0 aromatic heterocycles. The van der Waals surface area contributed by atoms with Crippen LogP contribution >= 0.6 is 0 Å². The summed E-state index contributed by atoms with van der Waals surface area (Å²) in [6, 6.07) is 4.30. The Balaban J connectivity index is 2.96. The number of alkyl halides is 3. The first-order chi connectivity index (χ1) is 10.0. The van der Waals surface area contributed by atoms with Crippen molar-refractivity contribution in [1.29, 1.82) is 0 Å². The Hall–Kier alpha value is -1.60. The van der Waals surface area contributed by atoms with Crippen LogP contribution in [0.3, 0.4) is 0 Å². The molecule has 0 amide bonds. The van der Waals surface area contributed by atoms with E-state index in [1.54, 1.807) is 20.8 Å². The summed E-state index contributed by atoms with van der Waals surface area (Å²) in [6.07, 6.45) is -4.38. The predicted octanol–water partition coefficient (Wildman–Crippen LogP) is 2.84. The molecule has 0 saturated heterocycles. The van der Waals surface area contributed by atoms with E-state index < -0.39 is 29.4 Å². The molecule has 0 radical (unpaired) electrons. The fourth-order valence-electron chi connectivity index (χ4n) is 2.03. The molecule has 1 aromatic rings. The van der Waals surface area contributed by atoms with Crippen molar-refractivity contribution in [2.24, 2.45) is 11.7 Å². The van der Waals surface area contributed by atoms with E-state index in [2.05, 4.69) is 5.32 Å². The third kappa shape index (κ3) is 3.98. The highest BCUT2D eigenvalue weighted by Crippen LogP contribution is 2.30. The monoisotopic (exact) mass is 318 g/mol. The summed E-state index contributed by atoms with van der Waals surface area (Å²) in [5.41, 5.74) is 4.51. The van der Waals surface area contributed by atoms with Crippen LogP contribution in [0.2, 0.25) is 0 Å². The van der Waals surface area contributed by atoms with E-state index in [9.17, 15) is 18.0 Å². The summed E-state index contributed by atoms with van der Waals surface area (Å²) in [5, 5.41) is 2.94. The van der Waals surface area contributed by atoms with Crippen LogP contribution in [0.25, 0.3) is 0 Å². The number of rotatable bonds is 5. The van der Waals surface area contributed by atoms with E-state index in [0.717, 1.165) is 12.1 Å². The third-order valence-electron chi connectivity index (χ3n) is 3.63. The van der Waals surface area contributed by atoms with Gasteiger partial charge in [-0.15, -0.1) is 0 Å². The van der Waals surface area contributed by atoms with Gasteiger partial charge in [0.05, 0.1) is 12.7 Å². The Morgan fingerprint density at radius 1 is 1.18 bits per heavy atom. The molecule has 124 valence electrons. The van der Waals surface area contributed by atoms with Gasteiger partial charge in [-0.3, -0.25) is 5.32 Å². The molecule has 0 fully saturated rings. The number of hydrogen-bond acceptors (Lipinski definition) is 4. The second-order valence-electron chi connectivity index (χ2n) is 5.50. The number of benzene rings is 1. The number of halogens is 3. The first-order valence-electron chi connectivity index (χ1n) is 6.84. The van der Waals surface area contributed by atoms with E-state index in [4.69, 9.17) is 10.5 Å². The summed E-state index contributed by atoms with van der Waals surface area (Å²) >= 11 is 0. The lowest BCUT2D eigenvalue weighted by Gasteiger charge is -2.34. The van der Waals surface area contributed by atoms with Gasteiger partial charge in [0.1, 0.15) is 0 Å². The van der Waals surface area contributed by atoms with Crippen LogP contribution in [0.1, 0.15) is 37.9 Å². The van der Waals surface area contributed by atoms with Gasteiger partial charge in [-0.2, -0.15) is 13.2 Å². The summed E-state index contributed by atoms with van der Waals surface area (Å²) < 4.78 is 42.4. The summed E-state index contributed by atoms with van der Waals surface area (Å²) in [6.45, 7) is 5.22. The van der Waals surface area contributed by atoms with Crippen LogP contribution in [0.4, 0.5) is 13.2 Å². The highest BCUT2D eigenvalue weighted by atomic mass is 19.4. The highest BCUT2D eigenvalue weighted by Gasteiger charge is 2.40. The molecule has 0 aliphatic rings. The number of esters is 1. The summed E-state index contributed by atoms with van der Waals surface area (Å²) in [5.74, 6) is -0.891. The molecule has 0 bridgehead atoms. The van der Waals surface area contributed by atoms with Crippen LogP contribution < -0.4 is 11.1 Å². The van der Waals surface area contributed by atoms with Gasteiger partial charge in [-0.1, -0.05) is 26.0 Å². The average molecular weight is 318 g/mol. The van der Waals surface area contributed by atoms with Crippen molar-refractivity contribution < 1.29 is 22.7 Å². The second-order valence-corrected chi connectivity index (χ2v) is 5.50. The van der Waals surface area contributed by atoms with E-state index in [-0.39, 0.29) is 5.92 Å². The minimum absolute atomic E-state index is 0.267. The van der Waals surface area contributed by atoms with Crippen LogP contribution in [0.5, 0.6) is 0 Å². The van der Waals surface area contributed by atoms with Gasteiger partial charge < -0.3 is 10.5 Å². The molecule has 0 heterocycles. The lowest BCUT2D eigenvalue weighted by Crippen LogP contribution is -2.64. The van der Waals surface area contributed by atoms with Crippen LogP contribution in [0.15, 0.2) is 24.3 Å². The average Bonchev–Trinajstić information content (AvgIpc) is 2.45. The van der Waals surface area contributed by atoms with Gasteiger partial charge in [0.2, 0.25) is 0 Å². The van der Waals surface area contributed by atoms with E-state index >= 15 is 0 Å². The maximum atomic E-state index is 12.6. The van der Waals surface area contributed by atoms with Crippen LogP contribution in [-0.4, -0.2) is 18.7 Å². The molecular formula is C15H21F3N2O2. The topological polar surface area (TPSA) is 64.3 Å². The number of carbonyl (C=O) groups is 1. The SMILES string of the molecule is COC(=O)C(N)(NC(C)c1ccc(C(F)(F)F)cc1)C(C)C. The Labute approximate surface area is 127 Å². The molecular weight excluding hydrogens is 297 g/mol. The van der Waals surface area contributed by atoms with Gasteiger partial charge in [0, 0.05) is 6.04 Å². The second kappa shape index (κ2) is 6.66. The van der Waals surface area contributed by atoms with Gasteiger partial charge in [-0.05, 0) is 30.5 Å². The molecule has 4 nitrogen and oxygen atoms in total. The molecule has 2 atom stereocenters. The van der Waals surface area contributed by atoms with Crippen molar-refractivity contribution in [1.82, 2.24) is 5.32 Å². The highest BCUT2D eigenvalue weighted by molar-refractivity contribution is 5.80. The number of nitrogens with one attached hydrogen (secondary N) is 1. The van der Waals surface area contributed by atoms with Crippen molar-refractivity contribution in [3.8, 4) is 0 Å². The zero-order chi connectivity index (χ0) is 17.1. The fourth-order valence-corrected chi connectivity index (χ4v) is 2.03. The maximum absolute atomic E-state index is 12.6. The lowest BCUT2D eigenvalue weighted by molar-refractivity contribution is -0.151. The Kier molecular flexibility index (Phi) is 5.59. The van der Waals surface area contributed by atoms with Crippen LogP contribution in [0, 0.1) is 5.92 Å². The zero-order valence-electron chi connectivity index (χ0n) is 13.0. The van der Waals surface area contributed by atoms with Crippen molar-refractivity contribution in [3.63, 3.8) is 0 Å². The maximum Gasteiger partial charge on any atom is 0.416 e. The quantitative estimate of drug-likeness (QED) is 0.647. The standard InChI is InChI=1S/C15H21F3N2O2/c1-9(2)14(19,13(21)22-4)20-10(3)11-5-7-12(8-6-11)15(16,17)18/h5-10,20H,19H2,1-4H3. The molecule has 1 aromatic carbocycles. The largest absolute Gasteiger partial charge is 0.467 e. The molecule has 2 unspecified atom stereocenters. The lowest BCUT2D eigenvalue weighted by atomic mass is 9.94. The number of carbonyl (C=O) groups excluding carboxylic acids is 1. The van der Waals surface area contributed by atoms with Gasteiger partial charge >= 0.3 is 12.1 Å². The first kappa shape index (κ1) is 18.4. The number of methoxy groups -OCH3 is 1. The van der Waals surface area contributed by atoms with E-state index in [1.165, 1.54) is 19.2 Å². The molecule has 0 aliphatic carbocycles. The predicted molar refractivity (Wildman–Crippen MR) is 76.8 cm³/mol. The molecule has 1 rings (SSSR count).